The SMILES string of the molecule is c1ccc2c(c1)[nH]c1c2ccc2c1ccc1cc[nH]c12. The largest absolute Gasteiger partial charge is 0.361 e. The molecule has 0 fully saturated rings. The molecule has 20 heavy (non-hydrogen) atoms. The zero-order valence-corrected chi connectivity index (χ0v) is 10.8. The molecular weight excluding hydrogens is 244 g/mol. The topological polar surface area (TPSA) is 31.6 Å². The second kappa shape index (κ2) is 3.42. The molecule has 3 aromatic carbocycles. The number of fused-ring (bicyclic) bond motifs is 7. The van der Waals surface area contributed by atoms with Gasteiger partial charge in [0.2, 0.25) is 0 Å². The van der Waals surface area contributed by atoms with E-state index in [-0.39, 0.29) is 0 Å². The van der Waals surface area contributed by atoms with E-state index >= 15 is 0 Å². The summed E-state index contributed by atoms with van der Waals surface area (Å²) in [5, 5.41) is 6.38. The lowest BCUT2D eigenvalue weighted by Crippen LogP contribution is -1.78. The van der Waals surface area contributed by atoms with Gasteiger partial charge in [-0.05, 0) is 12.1 Å². The number of rotatable bonds is 0. The summed E-state index contributed by atoms with van der Waals surface area (Å²) in [6.07, 6.45) is 2.00. The minimum absolute atomic E-state index is 1.20. The van der Waals surface area contributed by atoms with E-state index in [4.69, 9.17) is 0 Å². The van der Waals surface area contributed by atoms with Crippen LogP contribution in [-0.4, -0.2) is 9.97 Å². The lowest BCUT2D eigenvalue weighted by Gasteiger charge is -2.01. The third-order valence-corrected chi connectivity index (χ3v) is 4.20. The van der Waals surface area contributed by atoms with Crippen LogP contribution >= 0.6 is 0 Å². The van der Waals surface area contributed by atoms with Crippen LogP contribution in [0.1, 0.15) is 0 Å². The van der Waals surface area contributed by atoms with Gasteiger partial charge < -0.3 is 9.97 Å². The molecule has 0 atom stereocenters. The van der Waals surface area contributed by atoms with Crippen molar-refractivity contribution >= 4 is 43.5 Å². The van der Waals surface area contributed by atoms with Gasteiger partial charge in [0.25, 0.3) is 0 Å². The van der Waals surface area contributed by atoms with Crippen LogP contribution in [0, 0.1) is 0 Å². The molecule has 0 bridgehead atoms. The molecule has 2 aromatic heterocycles. The molecule has 0 aliphatic carbocycles. The van der Waals surface area contributed by atoms with Crippen molar-refractivity contribution in [3.8, 4) is 0 Å². The Balaban J connectivity index is 2.10. The van der Waals surface area contributed by atoms with Crippen LogP contribution in [0.3, 0.4) is 0 Å². The van der Waals surface area contributed by atoms with Crippen LogP contribution in [0.25, 0.3) is 43.5 Å². The molecule has 0 radical (unpaired) electrons. The molecule has 94 valence electrons. The first-order valence-electron chi connectivity index (χ1n) is 6.81. The summed E-state index contributed by atoms with van der Waals surface area (Å²) >= 11 is 0. The van der Waals surface area contributed by atoms with Crippen molar-refractivity contribution in [2.24, 2.45) is 0 Å². The van der Waals surface area contributed by atoms with Gasteiger partial charge in [-0.1, -0.05) is 42.5 Å². The Morgan fingerprint density at radius 2 is 1.35 bits per heavy atom. The van der Waals surface area contributed by atoms with Crippen molar-refractivity contribution < 1.29 is 0 Å². The summed E-state index contributed by atoms with van der Waals surface area (Å²) in [6.45, 7) is 0. The maximum Gasteiger partial charge on any atom is 0.0545 e. The first-order chi connectivity index (χ1) is 9.92. The van der Waals surface area contributed by atoms with Crippen molar-refractivity contribution in [1.29, 1.82) is 0 Å². The van der Waals surface area contributed by atoms with Crippen molar-refractivity contribution in [2.45, 2.75) is 0 Å². The lowest BCUT2D eigenvalue weighted by molar-refractivity contribution is 1.49. The molecular formula is C18H12N2. The summed E-state index contributed by atoms with van der Waals surface area (Å²) in [5.74, 6) is 0. The highest BCUT2D eigenvalue weighted by Crippen LogP contribution is 2.33. The number of para-hydroxylation sites is 1. The van der Waals surface area contributed by atoms with Crippen molar-refractivity contribution in [3.05, 3.63) is 60.8 Å². The van der Waals surface area contributed by atoms with Crippen LogP contribution in [-0.2, 0) is 0 Å². The fraction of sp³-hybridized carbons (Fsp3) is 0. The van der Waals surface area contributed by atoms with E-state index in [9.17, 15) is 0 Å². The van der Waals surface area contributed by atoms with Gasteiger partial charge in [0.05, 0.1) is 11.0 Å². The van der Waals surface area contributed by atoms with Gasteiger partial charge in [0.1, 0.15) is 0 Å². The summed E-state index contributed by atoms with van der Waals surface area (Å²) in [7, 11) is 0. The Kier molecular flexibility index (Phi) is 1.73. The molecule has 0 aliphatic rings. The molecule has 0 amide bonds. The molecule has 0 saturated heterocycles. The van der Waals surface area contributed by atoms with Gasteiger partial charge in [-0.3, -0.25) is 0 Å². The van der Waals surface area contributed by atoms with Crippen molar-refractivity contribution in [1.82, 2.24) is 9.97 Å². The van der Waals surface area contributed by atoms with Gasteiger partial charge in [0, 0.05) is 38.6 Å². The number of hydrogen-bond donors (Lipinski definition) is 2. The predicted molar refractivity (Wildman–Crippen MR) is 85.2 cm³/mol. The van der Waals surface area contributed by atoms with Crippen LogP contribution in [0.5, 0.6) is 0 Å². The van der Waals surface area contributed by atoms with Crippen LogP contribution in [0.4, 0.5) is 0 Å². The Morgan fingerprint density at radius 3 is 2.30 bits per heavy atom. The number of hydrogen-bond acceptors (Lipinski definition) is 0. The van der Waals surface area contributed by atoms with Crippen molar-refractivity contribution in [2.75, 3.05) is 0 Å². The number of aromatic amines is 2. The van der Waals surface area contributed by atoms with Crippen molar-refractivity contribution in [3.63, 3.8) is 0 Å². The summed E-state index contributed by atoms with van der Waals surface area (Å²) in [4.78, 5) is 6.91. The summed E-state index contributed by atoms with van der Waals surface area (Å²) in [6, 6.07) is 19.4. The molecule has 0 spiro atoms. The normalized spacial score (nSPS) is 12.0. The quantitative estimate of drug-likeness (QED) is 0.392. The van der Waals surface area contributed by atoms with E-state index in [1.807, 2.05) is 6.20 Å². The van der Waals surface area contributed by atoms with Crippen LogP contribution in [0.2, 0.25) is 0 Å². The van der Waals surface area contributed by atoms with E-state index in [0.717, 1.165) is 0 Å². The monoisotopic (exact) mass is 256 g/mol. The average molecular weight is 256 g/mol. The Bertz CT molecular complexity index is 1100. The third-order valence-electron chi connectivity index (χ3n) is 4.20. The van der Waals surface area contributed by atoms with Gasteiger partial charge in [-0.2, -0.15) is 0 Å². The molecule has 5 aromatic rings. The highest BCUT2D eigenvalue weighted by Gasteiger charge is 2.09. The maximum absolute atomic E-state index is 3.56. The predicted octanol–water partition coefficient (Wildman–Crippen LogP) is 4.96. The lowest BCUT2D eigenvalue weighted by atomic mass is 10.0. The minimum atomic E-state index is 1.20. The van der Waals surface area contributed by atoms with Crippen LogP contribution < -0.4 is 0 Å². The van der Waals surface area contributed by atoms with Gasteiger partial charge in [-0.15, -0.1) is 0 Å². The second-order valence-corrected chi connectivity index (χ2v) is 5.26. The molecule has 0 aliphatic heterocycles. The standard InChI is InChI=1S/C18H12N2/c1-2-4-16-12(3-1)13-7-8-14-15(18(13)20-16)6-5-11-9-10-19-17(11)14/h1-10,19-20H. The Hall–Kier alpha value is -2.74. The zero-order valence-electron chi connectivity index (χ0n) is 10.8. The van der Waals surface area contributed by atoms with Gasteiger partial charge in [-0.25, -0.2) is 0 Å². The molecule has 2 nitrogen and oxygen atoms in total. The number of aromatic nitrogens is 2. The molecule has 2 heterocycles. The fourth-order valence-electron chi connectivity index (χ4n) is 3.26. The maximum atomic E-state index is 3.56. The van der Waals surface area contributed by atoms with E-state index in [1.54, 1.807) is 0 Å². The minimum Gasteiger partial charge on any atom is -0.361 e. The zero-order chi connectivity index (χ0) is 13.1. The smallest absolute Gasteiger partial charge is 0.0545 e. The fourth-order valence-corrected chi connectivity index (χ4v) is 3.26. The first-order valence-corrected chi connectivity index (χ1v) is 6.81. The Labute approximate surface area is 115 Å². The second-order valence-electron chi connectivity index (χ2n) is 5.26. The van der Waals surface area contributed by atoms with E-state index in [2.05, 4.69) is 64.6 Å². The first kappa shape index (κ1) is 10.1. The third kappa shape index (κ3) is 1.14. The van der Waals surface area contributed by atoms with E-state index in [1.165, 1.54) is 43.5 Å². The van der Waals surface area contributed by atoms with E-state index < -0.39 is 0 Å². The molecule has 5 rings (SSSR count). The van der Waals surface area contributed by atoms with Crippen LogP contribution in [0.15, 0.2) is 60.8 Å². The number of benzene rings is 3. The molecule has 0 saturated carbocycles. The molecule has 2 N–H and O–H groups in total. The molecule has 0 unspecified atom stereocenters. The van der Waals surface area contributed by atoms with Gasteiger partial charge in [0.15, 0.2) is 0 Å². The number of nitrogens with one attached hydrogen (secondary N) is 2. The highest BCUT2D eigenvalue weighted by atomic mass is 14.7. The number of H-pyrrole nitrogens is 2. The summed E-state index contributed by atoms with van der Waals surface area (Å²) in [5.41, 5.74) is 3.63. The van der Waals surface area contributed by atoms with Gasteiger partial charge >= 0.3 is 0 Å². The van der Waals surface area contributed by atoms with E-state index in [0.29, 0.717) is 0 Å². The highest BCUT2D eigenvalue weighted by molar-refractivity contribution is 6.21. The Morgan fingerprint density at radius 1 is 0.600 bits per heavy atom. The summed E-state index contributed by atoms with van der Waals surface area (Å²) < 4.78 is 0. The average Bonchev–Trinajstić information content (AvgIpc) is 3.11. The molecule has 2 heteroatoms.